The highest BCUT2D eigenvalue weighted by Crippen LogP contribution is 2.49. The molecule has 5 nitrogen and oxygen atoms in total. The van der Waals surface area contributed by atoms with Crippen LogP contribution < -0.4 is 25.8 Å². The number of para-hydroxylation sites is 3. The summed E-state index contributed by atoms with van der Waals surface area (Å²) in [4.78, 5) is 7.35. The number of anilines is 9. The average Bonchev–Trinajstić information content (AvgIpc) is 4.03. The Kier molecular flexibility index (Phi) is 9.53. The predicted octanol–water partition coefficient (Wildman–Crippen LogP) is 15.0. The maximum atomic E-state index is 2.54. The van der Waals surface area contributed by atoms with Crippen molar-refractivity contribution < 1.29 is 0 Å². The van der Waals surface area contributed by atoms with Crippen LogP contribution >= 0.6 is 0 Å². The van der Waals surface area contributed by atoms with Gasteiger partial charge in [0.25, 0.3) is 0 Å². The molecule has 0 fully saturated rings. The second-order valence-electron chi connectivity index (χ2n) is 17.4. The molecule has 9 aromatic carbocycles. The van der Waals surface area contributed by atoms with Crippen LogP contribution in [0.2, 0.25) is 0 Å². The molecule has 0 unspecified atom stereocenters. The van der Waals surface area contributed by atoms with Gasteiger partial charge in [-0.25, -0.2) is 0 Å². The van der Waals surface area contributed by atoms with Gasteiger partial charge >= 0.3 is 6.85 Å². The van der Waals surface area contributed by atoms with Crippen LogP contribution in [0.15, 0.2) is 267 Å². The first-order valence-electron chi connectivity index (χ1n) is 23.3. The molecule has 0 aliphatic carbocycles. The zero-order valence-electron chi connectivity index (χ0n) is 37.2. The normalized spacial score (nSPS) is 12.3. The highest BCUT2D eigenvalue weighted by molar-refractivity contribution is 6.88. The van der Waals surface area contributed by atoms with Crippen molar-refractivity contribution in [2.45, 2.75) is 0 Å². The molecule has 68 heavy (non-hydrogen) atoms. The highest BCUT2D eigenvalue weighted by Gasteiger charge is 2.47. The summed E-state index contributed by atoms with van der Waals surface area (Å²) in [6, 6.07) is 94.3. The number of hydrogen-bond donors (Lipinski definition) is 0. The molecule has 0 N–H and O–H groups in total. The predicted molar refractivity (Wildman–Crippen MR) is 285 cm³/mol. The quantitative estimate of drug-likeness (QED) is 0.135. The van der Waals surface area contributed by atoms with E-state index >= 15 is 0 Å². The molecule has 0 saturated carbocycles. The summed E-state index contributed by atoms with van der Waals surface area (Å²) >= 11 is 0. The van der Waals surface area contributed by atoms with E-state index in [0.717, 1.165) is 68.3 Å². The van der Waals surface area contributed by atoms with Crippen LogP contribution in [0.4, 0.5) is 51.3 Å². The van der Waals surface area contributed by atoms with E-state index in [-0.39, 0.29) is 6.85 Å². The zero-order chi connectivity index (χ0) is 45.0. The first-order chi connectivity index (χ1) is 33.8. The van der Waals surface area contributed by atoms with Crippen molar-refractivity contribution >= 4 is 69.2 Å². The van der Waals surface area contributed by atoms with Gasteiger partial charge in [0.1, 0.15) is 5.82 Å². The van der Waals surface area contributed by atoms with Gasteiger partial charge in [0, 0.05) is 57.7 Å². The lowest BCUT2D eigenvalue weighted by molar-refractivity contribution is 1.07. The molecule has 0 spiro atoms. The zero-order valence-corrected chi connectivity index (χ0v) is 37.2. The van der Waals surface area contributed by atoms with Crippen molar-refractivity contribution in [2.75, 3.05) is 14.7 Å². The van der Waals surface area contributed by atoms with Crippen LogP contribution in [0.25, 0.3) is 39.2 Å². The Bertz CT molecular complexity index is 3500. The van der Waals surface area contributed by atoms with E-state index in [4.69, 9.17) is 0 Å². The van der Waals surface area contributed by atoms with Crippen LogP contribution in [-0.4, -0.2) is 15.9 Å². The van der Waals surface area contributed by atoms with Gasteiger partial charge in [-0.05, 0) is 112 Å². The molecule has 6 heteroatoms. The fourth-order valence-electron chi connectivity index (χ4n) is 10.5. The molecule has 2 aliphatic rings. The van der Waals surface area contributed by atoms with Crippen LogP contribution in [-0.2, 0) is 0 Å². The molecule has 4 heterocycles. The van der Waals surface area contributed by atoms with Gasteiger partial charge in [0.15, 0.2) is 0 Å². The molecule has 0 bridgehead atoms. The third kappa shape index (κ3) is 6.57. The molecule has 320 valence electrons. The molecule has 0 amide bonds. The topological polar surface area (TPSA) is 19.6 Å². The van der Waals surface area contributed by atoms with Crippen molar-refractivity contribution in [2.24, 2.45) is 0 Å². The molecule has 2 aliphatic heterocycles. The number of rotatable bonds is 9. The Hall–Kier alpha value is -9.00. The fraction of sp³-hybridized carbons (Fsp3) is 0. The summed E-state index contributed by atoms with van der Waals surface area (Å²) in [5.74, 6) is 1.08. The Morgan fingerprint density at radius 2 is 0.765 bits per heavy atom. The Labute approximate surface area is 397 Å². The summed E-state index contributed by atoms with van der Waals surface area (Å²) in [6.45, 7) is -0.217. The smallest absolute Gasteiger partial charge is 0.353 e. The summed E-state index contributed by atoms with van der Waals surface area (Å²) in [7, 11) is 0. The highest BCUT2D eigenvalue weighted by atomic mass is 15.3. The lowest BCUT2D eigenvalue weighted by Crippen LogP contribution is -2.60. The van der Waals surface area contributed by atoms with E-state index < -0.39 is 0 Å². The van der Waals surface area contributed by atoms with Crippen LogP contribution in [0.1, 0.15) is 0 Å². The minimum absolute atomic E-state index is 0.217. The summed E-state index contributed by atoms with van der Waals surface area (Å²) < 4.78 is 5.05. The maximum Gasteiger partial charge on any atom is 0.353 e. The van der Waals surface area contributed by atoms with E-state index in [1.54, 1.807) is 0 Å². The summed E-state index contributed by atoms with van der Waals surface area (Å²) in [5, 5.41) is 0. The number of benzene rings is 9. The van der Waals surface area contributed by atoms with Crippen LogP contribution in [0.3, 0.4) is 0 Å². The van der Waals surface area contributed by atoms with Gasteiger partial charge in [-0.1, -0.05) is 176 Å². The van der Waals surface area contributed by atoms with Gasteiger partial charge < -0.3 is 18.8 Å². The van der Waals surface area contributed by atoms with E-state index in [0.29, 0.717) is 0 Å². The lowest BCUT2D eigenvalue weighted by Gasteiger charge is -2.43. The van der Waals surface area contributed by atoms with Gasteiger partial charge in [-0.15, -0.1) is 0 Å². The van der Waals surface area contributed by atoms with Crippen molar-refractivity contribution in [3.8, 4) is 39.2 Å². The third-order valence-electron chi connectivity index (χ3n) is 13.5. The molecule has 2 aromatic heterocycles. The number of hydrogen-bond acceptors (Lipinski definition) is 3. The minimum Gasteiger partial charge on any atom is -0.366 e. The maximum absolute atomic E-state index is 2.54. The third-order valence-corrected chi connectivity index (χ3v) is 13.5. The lowest BCUT2D eigenvalue weighted by atomic mass is 9.48. The molecule has 0 atom stereocenters. The van der Waals surface area contributed by atoms with Crippen molar-refractivity contribution in [1.82, 2.24) is 9.05 Å². The van der Waals surface area contributed by atoms with Gasteiger partial charge in [0.2, 0.25) is 0 Å². The molecule has 0 radical (unpaired) electrons. The van der Waals surface area contributed by atoms with Crippen LogP contribution in [0, 0.1) is 0 Å². The molecule has 0 saturated heterocycles. The van der Waals surface area contributed by atoms with Crippen molar-refractivity contribution in [1.29, 1.82) is 0 Å². The second-order valence-corrected chi connectivity index (χ2v) is 17.4. The minimum atomic E-state index is -0.217. The number of fused-ring (bicyclic) bond motifs is 4. The van der Waals surface area contributed by atoms with Gasteiger partial charge in [0.05, 0.1) is 17.1 Å². The van der Waals surface area contributed by atoms with Crippen molar-refractivity contribution in [3.63, 3.8) is 0 Å². The molecule has 13 rings (SSSR count). The molecular formula is C62H44BN5. The summed E-state index contributed by atoms with van der Waals surface area (Å²) in [6.07, 6.45) is 2.38. The van der Waals surface area contributed by atoms with E-state index in [1.807, 2.05) is 0 Å². The van der Waals surface area contributed by atoms with E-state index in [2.05, 4.69) is 291 Å². The Morgan fingerprint density at radius 1 is 0.324 bits per heavy atom. The molecular weight excluding hydrogens is 826 g/mol. The molecule has 11 aromatic rings. The van der Waals surface area contributed by atoms with Gasteiger partial charge in [-0.2, -0.15) is 0 Å². The first-order valence-corrected chi connectivity index (χ1v) is 23.3. The van der Waals surface area contributed by atoms with Gasteiger partial charge in [-0.3, -0.25) is 4.90 Å². The second kappa shape index (κ2) is 16.5. The number of aromatic nitrogens is 2. The van der Waals surface area contributed by atoms with Crippen LogP contribution in [0.5, 0.6) is 0 Å². The Balaban J connectivity index is 1.10. The van der Waals surface area contributed by atoms with E-state index in [9.17, 15) is 0 Å². The standard InChI is InChI=1S/C62H44BN5/c1-7-20-45(21-8-1)47-34-38-53(39-35-47)66-56-32-19-33-57-61(56)63(62-59(66)43-58(49-24-11-3-12-25-49)68(62)52-30-17-6-18-31-52)64-44-55(65(50-26-13-4-14-27-50)51-28-15-5-16-29-51)42-60(64)67(57)54-40-36-48(37-41-54)46-22-9-2-10-23-46/h1-44H. The SMILES string of the molecule is c1ccc(-c2ccc(N3c4cccc5c4B(c4c3cc(-c3ccccc3)n4-c3ccccc3)n3cc(N(c4ccccc4)c4ccccc4)cc3N5c3ccc(-c4ccccc4)cc3)cc2)cc1. The number of nitrogens with zero attached hydrogens (tertiary/aromatic N) is 5. The summed E-state index contributed by atoms with van der Waals surface area (Å²) in [5.41, 5.74) is 19.4. The van der Waals surface area contributed by atoms with Crippen molar-refractivity contribution in [3.05, 3.63) is 267 Å². The fourth-order valence-corrected chi connectivity index (χ4v) is 10.5. The Morgan fingerprint density at radius 3 is 1.29 bits per heavy atom. The van der Waals surface area contributed by atoms with E-state index in [1.165, 1.54) is 33.3 Å². The average molecular weight is 870 g/mol. The first kappa shape index (κ1) is 39.4. The largest absolute Gasteiger partial charge is 0.366 e. The monoisotopic (exact) mass is 869 g/mol.